The van der Waals surface area contributed by atoms with Crippen LogP contribution in [0.5, 0.6) is 0 Å². The quantitative estimate of drug-likeness (QED) is 0.644. The van der Waals surface area contributed by atoms with Gasteiger partial charge in [0, 0.05) is 11.3 Å². The van der Waals surface area contributed by atoms with Crippen LogP contribution in [-0.4, -0.2) is 18.5 Å². The number of carbonyl (C=O) groups is 2. The Morgan fingerprint density at radius 3 is 2.67 bits per heavy atom. The van der Waals surface area contributed by atoms with Crippen molar-refractivity contribution in [2.75, 3.05) is 11.9 Å². The Labute approximate surface area is 140 Å². The van der Waals surface area contributed by atoms with Gasteiger partial charge in [0.15, 0.2) is 0 Å². The number of fused-ring (bicyclic) bond motifs is 1. The van der Waals surface area contributed by atoms with E-state index in [1.165, 1.54) is 0 Å². The highest BCUT2D eigenvalue weighted by Gasteiger charge is 2.30. The maximum absolute atomic E-state index is 11.9. The van der Waals surface area contributed by atoms with Crippen LogP contribution >= 0.6 is 0 Å². The summed E-state index contributed by atoms with van der Waals surface area (Å²) >= 11 is 0. The van der Waals surface area contributed by atoms with Crippen LogP contribution in [0.4, 0.5) is 5.69 Å². The number of carbonyl (C=O) groups excluding carboxylic acids is 2. The lowest BCUT2D eigenvalue weighted by Crippen LogP contribution is -2.11. The molecule has 5 nitrogen and oxygen atoms in total. The van der Waals surface area contributed by atoms with Gasteiger partial charge in [-0.05, 0) is 36.8 Å². The Hall–Kier alpha value is -2.82. The number of hydrogen-bond donors (Lipinski definition) is 1. The van der Waals surface area contributed by atoms with Gasteiger partial charge in [0.1, 0.15) is 0 Å². The zero-order valence-electron chi connectivity index (χ0n) is 13.5. The van der Waals surface area contributed by atoms with Crippen LogP contribution in [0.2, 0.25) is 0 Å². The summed E-state index contributed by atoms with van der Waals surface area (Å²) in [6, 6.07) is 14.2. The summed E-state index contributed by atoms with van der Waals surface area (Å²) in [5.41, 5.74) is 2.65. The minimum absolute atomic E-state index is 0.326. The normalized spacial score (nSPS) is 15.5. The molecule has 1 heterocycles. The number of rotatable bonds is 6. The smallest absolute Gasteiger partial charge is 0.340 e. The third-order valence-electron chi connectivity index (χ3n) is 3.84. The second-order valence-electron chi connectivity index (χ2n) is 5.58. The minimum Gasteiger partial charge on any atom is -0.462 e. The third-order valence-corrected chi connectivity index (χ3v) is 3.84. The molecular weight excluding hydrogens is 306 g/mol. The number of esters is 2. The zero-order chi connectivity index (χ0) is 16.9. The zero-order valence-corrected chi connectivity index (χ0v) is 13.5. The molecule has 0 fully saturated rings. The van der Waals surface area contributed by atoms with Crippen molar-refractivity contribution in [2.24, 2.45) is 0 Å². The van der Waals surface area contributed by atoms with Crippen molar-refractivity contribution in [3.63, 3.8) is 0 Å². The van der Waals surface area contributed by atoms with Crippen LogP contribution < -0.4 is 5.32 Å². The van der Waals surface area contributed by atoms with Gasteiger partial charge in [-0.1, -0.05) is 31.5 Å². The first-order valence-electron chi connectivity index (χ1n) is 8.02. The van der Waals surface area contributed by atoms with Crippen molar-refractivity contribution in [1.29, 1.82) is 0 Å². The highest BCUT2D eigenvalue weighted by atomic mass is 16.6. The Morgan fingerprint density at radius 1 is 1.17 bits per heavy atom. The van der Waals surface area contributed by atoms with Crippen molar-refractivity contribution < 1.29 is 19.1 Å². The van der Waals surface area contributed by atoms with E-state index < -0.39 is 6.23 Å². The molecule has 5 heteroatoms. The fourth-order valence-corrected chi connectivity index (χ4v) is 2.50. The fraction of sp³-hybridized carbons (Fsp3) is 0.263. The molecule has 2 aromatic rings. The number of hydrogen-bond acceptors (Lipinski definition) is 5. The summed E-state index contributed by atoms with van der Waals surface area (Å²) in [6.45, 7) is 2.48. The van der Waals surface area contributed by atoms with Crippen molar-refractivity contribution in [3.8, 4) is 0 Å². The molecule has 1 N–H and O–H groups in total. The Balaban J connectivity index is 1.65. The maximum Gasteiger partial charge on any atom is 0.340 e. The van der Waals surface area contributed by atoms with Gasteiger partial charge in [-0.2, -0.15) is 0 Å². The fourth-order valence-electron chi connectivity index (χ4n) is 2.50. The molecule has 0 saturated carbocycles. The van der Waals surface area contributed by atoms with Gasteiger partial charge in [-0.3, -0.25) is 0 Å². The van der Waals surface area contributed by atoms with Gasteiger partial charge in [-0.15, -0.1) is 0 Å². The number of benzene rings is 2. The molecular formula is C19H19NO4. The van der Waals surface area contributed by atoms with Crippen molar-refractivity contribution >= 4 is 17.6 Å². The number of cyclic esters (lactones) is 1. The molecule has 24 heavy (non-hydrogen) atoms. The second-order valence-corrected chi connectivity index (χ2v) is 5.58. The van der Waals surface area contributed by atoms with Gasteiger partial charge >= 0.3 is 11.9 Å². The lowest BCUT2D eigenvalue weighted by Gasteiger charge is -2.14. The van der Waals surface area contributed by atoms with E-state index in [0.717, 1.165) is 24.1 Å². The van der Waals surface area contributed by atoms with E-state index in [1.54, 1.807) is 36.4 Å². The van der Waals surface area contributed by atoms with E-state index in [1.807, 2.05) is 19.1 Å². The van der Waals surface area contributed by atoms with E-state index in [0.29, 0.717) is 17.7 Å². The monoisotopic (exact) mass is 325 g/mol. The van der Waals surface area contributed by atoms with Crippen molar-refractivity contribution in [2.45, 2.75) is 26.0 Å². The van der Waals surface area contributed by atoms with Crippen molar-refractivity contribution in [3.05, 3.63) is 65.2 Å². The average molecular weight is 325 g/mol. The van der Waals surface area contributed by atoms with Gasteiger partial charge in [-0.25, -0.2) is 9.59 Å². The Morgan fingerprint density at radius 2 is 1.92 bits per heavy atom. The van der Waals surface area contributed by atoms with Gasteiger partial charge < -0.3 is 14.8 Å². The maximum atomic E-state index is 11.9. The topological polar surface area (TPSA) is 64.6 Å². The van der Waals surface area contributed by atoms with E-state index in [9.17, 15) is 9.59 Å². The standard InChI is InChI=1S/C19H19NO4/c1-2-3-12-23-18(21)13-8-10-14(11-9-13)20-17-15-6-4-5-7-16(15)19(22)24-17/h4-11,17,20H,2-3,12H2,1H3. The van der Waals surface area contributed by atoms with Gasteiger partial charge in [0.05, 0.1) is 17.7 Å². The third kappa shape index (κ3) is 3.40. The number of ether oxygens (including phenoxy) is 2. The van der Waals surface area contributed by atoms with E-state index in [4.69, 9.17) is 9.47 Å². The second kappa shape index (κ2) is 7.17. The van der Waals surface area contributed by atoms with Gasteiger partial charge in [0.2, 0.25) is 6.23 Å². The minimum atomic E-state index is -0.518. The molecule has 1 unspecified atom stereocenters. The predicted octanol–water partition coefficient (Wildman–Crippen LogP) is 3.92. The molecule has 0 spiro atoms. The largest absolute Gasteiger partial charge is 0.462 e. The molecule has 0 aliphatic carbocycles. The molecule has 124 valence electrons. The first-order valence-corrected chi connectivity index (χ1v) is 8.02. The van der Waals surface area contributed by atoms with Crippen LogP contribution in [-0.2, 0) is 9.47 Å². The van der Waals surface area contributed by atoms with E-state index >= 15 is 0 Å². The van der Waals surface area contributed by atoms with Crippen LogP contribution in [0.3, 0.4) is 0 Å². The van der Waals surface area contributed by atoms with E-state index in [2.05, 4.69) is 5.32 Å². The molecule has 2 aromatic carbocycles. The molecule has 1 atom stereocenters. The molecule has 0 aromatic heterocycles. The molecule has 1 aliphatic heterocycles. The Bertz CT molecular complexity index is 739. The molecule has 1 aliphatic rings. The first-order chi connectivity index (χ1) is 11.7. The first kappa shape index (κ1) is 16.1. The number of unbranched alkanes of at least 4 members (excludes halogenated alkanes) is 1. The molecule has 0 bridgehead atoms. The molecule has 0 saturated heterocycles. The van der Waals surface area contributed by atoms with Crippen LogP contribution in [0.1, 0.15) is 52.3 Å². The summed E-state index contributed by atoms with van der Waals surface area (Å²) in [5, 5.41) is 3.15. The molecule has 0 amide bonds. The van der Waals surface area contributed by atoms with Gasteiger partial charge in [0.25, 0.3) is 0 Å². The predicted molar refractivity (Wildman–Crippen MR) is 89.9 cm³/mol. The van der Waals surface area contributed by atoms with Crippen molar-refractivity contribution in [1.82, 2.24) is 0 Å². The van der Waals surface area contributed by atoms with Crippen LogP contribution in [0, 0.1) is 0 Å². The summed E-state index contributed by atoms with van der Waals surface area (Å²) < 4.78 is 10.5. The molecule has 3 rings (SSSR count). The van der Waals surface area contributed by atoms with Crippen LogP contribution in [0.25, 0.3) is 0 Å². The molecule has 0 radical (unpaired) electrons. The SMILES string of the molecule is CCCCOC(=O)c1ccc(NC2OC(=O)c3ccccc32)cc1. The highest BCUT2D eigenvalue weighted by molar-refractivity contribution is 5.94. The lowest BCUT2D eigenvalue weighted by molar-refractivity contribution is 0.0436. The Kier molecular flexibility index (Phi) is 4.79. The highest BCUT2D eigenvalue weighted by Crippen LogP contribution is 2.31. The van der Waals surface area contributed by atoms with Crippen LogP contribution in [0.15, 0.2) is 48.5 Å². The summed E-state index contributed by atoms with van der Waals surface area (Å²) in [7, 11) is 0. The number of anilines is 1. The lowest BCUT2D eigenvalue weighted by atomic mass is 10.1. The average Bonchev–Trinajstić information content (AvgIpc) is 2.92. The summed E-state index contributed by atoms with van der Waals surface area (Å²) in [5.74, 6) is -0.660. The number of nitrogens with one attached hydrogen (secondary N) is 1. The summed E-state index contributed by atoms with van der Waals surface area (Å²) in [6.07, 6.45) is 1.33. The van der Waals surface area contributed by atoms with E-state index in [-0.39, 0.29) is 11.9 Å². The summed E-state index contributed by atoms with van der Waals surface area (Å²) in [4.78, 5) is 23.7.